The highest BCUT2D eigenvalue weighted by Gasteiger charge is 2.10. The highest BCUT2D eigenvalue weighted by molar-refractivity contribution is 5.53. The van der Waals surface area contributed by atoms with Gasteiger partial charge in [0.1, 0.15) is 5.75 Å². The molecule has 0 saturated heterocycles. The van der Waals surface area contributed by atoms with E-state index in [1.165, 1.54) is 0 Å². The van der Waals surface area contributed by atoms with Crippen LogP contribution in [0.25, 0.3) is 11.4 Å². The van der Waals surface area contributed by atoms with Crippen molar-refractivity contribution in [2.45, 2.75) is 13.3 Å². The summed E-state index contributed by atoms with van der Waals surface area (Å²) in [6.45, 7) is 1.97. The molecule has 0 unspecified atom stereocenters. The molecule has 2 heterocycles. The van der Waals surface area contributed by atoms with Crippen LogP contribution in [0.3, 0.4) is 0 Å². The summed E-state index contributed by atoms with van der Waals surface area (Å²) in [7, 11) is 3.57. The van der Waals surface area contributed by atoms with E-state index in [1.54, 1.807) is 11.8 Å². The fraction of sp³-hybridized carbons (Fsp3) is 0.235. The molecular formula is C17H18N4O. The van der Waals surface area contributed by atoms with Crippen molar-refractivity contribution in [3.8, 4) is 17.1 Å². The third kappa shape index (κ3) is 2.98. The van der Waals surface area contributed by atoms with Crippen LogP contribution in [0, 0.1) is 6.92 Å². The predicted octanol–water partition coefficient (Wildman–Crippen LogP) is 2.78. The van der Waals surface area contributed by atoms with Crippen LogP contribution in [0.5, 0.6) is 5.75 Å². The molecule has 1 aromatic carbocycles. The van der Waals surface area contributed by atoms with Crippen molar-refractivity contribution in [2.24, 2.45) is 7.05 Å². The van der Waals surface area contributed by atoms with Crippen LogP contribution in [0.15, 0.2) is 42.6 Å². The molecule has 3 rings (SSSR count). The van der Waals surface area contributed by atoms with E-state index < -0.39 is 0 Å². The number of methoxy groups -OCH3 is 1. The summed E-state index contributed by atoms with van der Waals surface area (Å²) in [4.78, 5) is 8.94. The number of rotatable bonds is 4. The number of ether oxygens (including phenoxy) is 1. The lowest BCUT2D eigenvalue weighted by Gasteiger charge is -2.00. The molecule has 0 bridgehead atoms. The number of pyridine rings is 1. The van der Waals surface area contributed by atoms with Gasteiger partial charge >= 0.3 is 0 Å². The van der Waals surface area contributed by atoms with E-state index in [4.69, 9.17) is 4.74 Å². The van der Waals surface area contributed by atoms with Gasteiger partial charge < -0.3 is 4.74 Å². The summed E-state index contributed by atoms with van der Waals surface area (Å²) >= 11 is 0. The van der Waals surface area contributed by atoms with Crippen molar-refractivity contribution < 1.29 is 4.74 Å². The summed E-state index contributed by atoms with van der Waals surface area (Å²) in [6, 6.07) is 12.0. The van der Waals surface area contributed by atoms with Crippen LogP contribution in [0.4, 0.5) is 0 Å². The van der Waals surface area contributed by atoms with Crippen LogP contribution >= 0.6 is 0 Å². The maximum absolute atomic E-state index is 5.17. The minimum absolute atomic E-state index is 0.692. The molecule has 5 nitrogen and oxygen atoms in total. The molecule has 0 atom stereocenters. The third-order valence-corrected chi connectivity index (χ3v) is 3.50. The molecule has 0 N–H and O–H groups in total. The average molecular weight is 294 g/mol. The second-order valence-electron chi connectivity index (χ2n) is 5.19. The van der Waals surface area contributed by atoms with Gasteiger partial charge in [0.05, 0.1) is 7.11 Å². The van der Waals surface area contributed by atoms with E-state index in [0.29, 0.717) is 6.42 Å². The molecule has 0 spiro atoms. The summed E-state index contributed by atoms with van der Waals surface area (Å²) < 4.78 is 6.96. The van der Waals surface area contributed by atoms with Gasteiger partial charge in [-0.25, -0.2) is 9.67 Å². The van der Waals surface area contributed by atoms with Gasteiger partial charge in [-0.2, -0.15) is 5.10 Å². The molecule has 0 aliphatic rings. The van der Waals surface area contributed by atoms with Gasteiger partial charge in [0.2, 0.25) is 0 Å². The number of hydrogen-bond acceptors (Lipinski definition) is 4. The van der Waals surface area contributed by atoms with Crippen molar-refractivity contribution in [3.63, 3.8) is 0 Å². The lowest BCUT2D eigenvalue weighted by atomic mass is 10.1. The number of aryl methyl sites for hydroxylation is 2. The molecule has 0 saturated carbocycles. The molecule has 3 aromatic rings. The first kappa shape index (κ1) is 14.3. The van der Waals surface area contributed by atoms with E-state index in [9.17, 15) is 0 Å². The van der Waals surface area contributed by atoms with E-state index in [0.717, 1.165) is 34.2 Å². The van der Waals surface area contributed by atoms with E-state index >= 15 is 0 Å². The Morgan fingerprint density at radius 1 is 1.09 bits per heavy atom. The first-order valence-corrected chi connectivity index (χ1v) is 7.11. The van der Waals surface area contributed by atoms with Gasteiger partial charge in [-0.3, -0.25) is 4.98 Å². The maximum Gasteiger partial charge on any atom is 0.159 e. The second kappa shape index (κ2) is 5.97. The lowest BCUT2D eigenvalue weighted by molar-refractivity contribution is 0.414. The topological polar surface area (TPSA) is 52.8 Å². The molecule has 0 amide bonds. The number of hydrogen-bond donors (Lipinski definition) is 0. The largest absolute Gasteiger partial charge is 0.497 e. The monoisotopic (exact) mass is 294 g/mol. The summed E-state index contributed by atoms with van der Waals surface area (Å²) in [5, 5.41) is 4.49. The van der Waals surface area contributed by atoms with Gasteiger partial charge in [-0.1, -0.05) is 12.1 Å². The SMILES string of the molecule is COc1ccc(Cc2nc(-c3ccc(C)nc3)n(C)n2)cc1. The van der Waals surface area contributed by atoms with Crippen molar-refractivity contribution >= 4 is 0 Å². The molecule has 22 heavy (non-hydrogen) atoms. The van der Waals surface area contributed by atoms with E-state index in [-0.39, 0.29) is 0 Å². The molecule has 0 fully saturated rings. The quantitative estimate of drug-likeness (QED) is 0.742. The minimum atomic E-state index is 0.692. The Hall–Kier alpha value is -2.69. The summed E-state index contributed by atoms with van der Waals surface area (Å²) in [5.41, 5.74) is 3.12. The number of nitrogens with zero attached hydrogens (tertiary/aromatic N) is 4. The Morgan fingerprint density at radius 3 is 2.50 bits per heavy atom. The molecule has 2 aromatic heterocycles. The molecule has 0 radical (unpaired) electrons. The van der Waals surface area contributed by atoms with Crippen LogP contribution in [-0.2, 0) is 13.5 Å². The Bertz CT molecular complexity index is 760. The van der Waals surface area contributed by atoms with Crippen LogP contribution < -0.4 is 4.74 Å². The Kier molecular flexibility index (Phi) is 3.87. The normalized spacial score (nSPS) is 10.7. The molecule has 0 aliphatic carbocycles. The van der Waals surface area contributed by atoms with Crippen molar-refractivity contribution in [1.29, 1.82) is 0 Å². The van der Waals surface area contributed by atoms with Gasteiger partial charge in [0, 0.05) is 30.9 Å². The van der Waals surface area contributed by atoms with Gasteiger partial charge in [-0.05, 0) is 36.8 Å². The van der Waals surface area contributed by atoms with Crippen molar-refractivity contribution in [2.75, 3.05) is 7.11 Å². The molecule has 5 heteroatoms. The van der Waals surface area contributed by atoms with Crippen molar-refractivity contribution in [1.82, 2.24) is 19.7 Å². The molecular weight excluding hydrogens is 276 g/mol. The van der Waals surface area contributed by atoms with Gasteiger partial charge in [0.15, 0.2) is 11.6 Å². The lowest BCUT2D eigenvalue weighted by Crippen LogP contribution is -1.96. The Balaban J connectivity index is 1.83. The zero-order valence-electron chi connectivity index (χ0n) is 12.9. The Morgan fingerprint density at radius 2 is 1.86 bits per heavy atom. The first-order valence-electron chi connectivity index (χ1n) is 7.11. The van der Waals surface area contributed by atoms with Crippen LogP contribution in [0.1, 0.15) is 17.1 Å². The maximum atomic E-state index is 5.17. The van der Waals surface area contributed by atoms with Gasteiger partial charge in [-0.15, -0.1) is 0 Å². The standard InChI is InChI=1S/C17H18N4O/c1-12-4-7-14(11-18-12)17-19-16(20-21(17)2)10-13-5-8-15(22-3)9-6-13/h4-9,11H,10H2,1-3H3. The second-order valence-corrected chi connectivity index (χ2v) is 5.19. The zero-order chi connectivity index (χ0) is 15.5. The summed E-state index contributed by atoms with van der Waals surface area (Å²) in [6.07, 6.45) is 2.52. The third-order valence-electron chi connectivity index (χ3n) is 3.50. The van der Waals surface area contributed by atoms with E-state index in [2.05, 4.69) is 15.1 Å². The minimum Gasteiger partial charge on any atom is -0.497 e. The highest BCUT2D eigenvalue weighted by atomic mass is 16.5. The Labute approximate surface area is 129 Å². The zero-order valence-corrected chi connectivity index (χ0v) is 12.9. The fourth-order valence-corrected chi connectivity index (χ4v) is 2.29. The van der Waals surface area contributed by atoms with Crippen LogP contribution in [-0.4, -0.2) is 26.9 Å². The van der Waals surface area contributed by atoms with Crippen LogP contribution in [0.2, 0.25) is 0 Å². The fourth-order valence-electron chi connectivity index (χ4n) is 2.29. The smallest absolute Gasteiger partial charge is 0.159 e. The van der Waals surface area contributed by atoms with Gasteiger partial charge in [0.25, 0.3) is 0 Å². The molecule has 0 aliphatic heterocycles. The van der Waals surface area contributed by atoms with Crippen molar-refractivity contribution in [3.05, 3.63) is 59.7 Å². The van der Waals surface area contributed by atoms with E-state index in [1.807, 2.05) is 56.6 Å². The first-order chi connectivity index (χ1) is 10.7. The summed E-state index contributed by atoms with van der Waals surface area (Å²) in [5.74, 6) is 2.48. The predicted molar refractivity (Wildman–Crippen MR) is 84.8 cm³/mol. The number of benzene rings is 1. The highest BCUT2D eigenvalue weighted by Crippen LogP contribution is 2.18. The average Bonchev–Trinajstić information content (AvgIpc) is 2.89. The number of aromatic nitrogens is 4. The molecule has 112 valence electrons.